The summed E-state index contributed by atoms with van der Waals surface area (Å²) in [5, 5.41) is 3.67. The molecule has 1 aromatic rings. The molecule has 1 saturated carbocycles. The van der Waals surface area contributed by atoms with E-state index in [0.29, 0.717) is 18.0 Å². The lowest BCUT2D eigenvalue weighted by molar-refractivity contribution is 0.368. The van der Waals surface area contributed by atoms with Gasteiger partial charge in [0.25, 0.3) is 0 Å². The molecule has 3 heteroatoms. The molecule has 0 aliphatic heterocycles. The van der Waals surface area contributed by atoms with E-state index >= 15 is 0 Å². The van der Waals surface area contributed by atoms with Crippen LogP contribution in [-0.4, -0.2) is 18.6 Å². The van der Waals surface area contributed by atoms with Crippen molar-refractivity contribution in [3.05, 3.63) is 35.6 Å². The predicted octanol–water partition coefficient (Wildman–Crippen LogP) is 2.47. The van der Waals surface area contributed by atoms with Gasteiger partial charge in [-0.15, -0.1) is 0 Å². The van der Waals surface area contributed by atoms with Crippen LogP contribution in [0.5, 0.6) is 0 Å². The van der Waals surface area contributed by atoms with Gasteiger partial charge in [0.15, 0.2) is 0 Å². The van der Waals surface area contributed by atoms with Gasteiger partial charge in [-0.25, -0.2) is 4.39 Å². The van der Waals surface area contributed by atoms with Crippen LogP contribution >= 0.6 is 0 Å². The Bertz CT molecular complexity index is 363. The highest BCUT2D eigenvalue weighted by Crippen LogP contribution is 2.25. The molecule has 2 rings (SSSR count). The van der Waals surface area contributed by atoms with Gasteiger partial charge in [-0.05, 0) is 56.3 Å². The standard InChI is InChI=1S/C15H23FN2/c1-11(9-12-5-7-14(16)8-6-12)18-15-4-2-3-13(15)10-17/h5-8,11,13,15,18H,2-4,9-10,17H2,1H3. The molecule has 100 valence electrons. The summed E-state index contributed by atoms with van der Waals surface area (Å²) in [6.45, 7) is 2.97. The third-order valence-corrected chi connectivity index (χ3v) is 3.92. The molecule has 1 aliphatic rings. The van der Waals surface area contributed by atoms with Crippen molar-refractivity contribution in [2.75, 3.05) is 6.54 Å². The average Bonchev–Trinajstić information content (AvgIpc) is 2.79. The van der Waals surface area contributed by atoms with Crippen LogP contribution in [0.2, 0.25) is 0 Å². The Labute approximate surface area is 109 Å². The highest BCUT2D eigenvalue weighted by Gasteiger charge is 2.26. The molecular weight excluding hydrogens is 227 g/mol. The van der Waals surface area contributed by atoms with E-state index in [1.165, 1.54) is 37.0 Å². The topological polar surface area (TPSA) is 38.0 Å². The quantitative estimate of drug-likeness (QED) is 0.842. The summed E-state index contributed by atoms with van der Waals surface area (Å²) in [4.78, 5) is 0. The van der Waals surface area contributed by atoms with Gasteiger partial charge in [0.05, 0.1) is 0 Å². The number of hydrogen-bond donors (Lipinski definition) is 2. The van der Waals surface area contributed by atoms with Crippen LogP contribution in [0.25, 0.3) is 0 Å². The Morgan fingerprint density at radius 3 is 2.72 bits per heavy atom. The zero-order valence-corrected chi connectivity index (χ0v) is 11.0. The normalized spacial score (nSPS) is 25.3. The number of rotatable bonds is 5. The van der Waals surface area contributed by atoms with Gasteiger partial charge in [0.2, 0.25) is 0 Å². The lowest BCUT2D eigenvalue weighted by Gasteiger charge is -2.24. The van der Waals surface area contributed by atoms with Crippen molar-refractivity contribution in [2.24, 2.45) is 11.7 Å². The van der Waals surface area contributed by atoms with E-state index < -0.39 is 0 Å². The summed E-state index contributed by atoms with van der Waals surface area (Å²) in [6, 6.07) is 7.75. The fourth-order valence-corrected chi connectivity index (χ4v) is 2.94. The van der Waals surface area contributed by atoms with E-state index in [4.69, 9.17) is 5.73 Å². The second-order valence-electron chi connectivity index (χ2n) is 5.43. The molecule has 0 amide bonds. The van der Waals surface area contributed by atoms with Crippen LogP contribution in [0.3, 0.4) is 0 Å². The van der Waals surface area contributed by atoms with Gasteiger partial charge >= 0.3 is 0 Å². The van der Waals surface area contributed by atoms with E-state index in [1.807, 2.05) is 12.1 Å². The zero-order valence-electron chi connectivity index (χ0n) is 11.0. The molecule has 2 nitrogen and oxygen atoms in total. The summed E-state index contributed by atoms with van der Waals surface area (Å²) in [5.41, 5.74) is 6.97. The fourth-order valence-electron chi connectivity index (χ4n) is 2.94. The van der Waals surface area contributed by atoms with Gasteiger partial charge < -0.3 is 11.1 Å². The Balaban J connectivity index is 1.84. The molecule has 1 aliphatic carbocycles. The minimum Gasteiger partial charge on any atom is -0.330 e. The van der Waals surface area contributed by atoms with Crippen molar-refractivity contribution in [3.8, 4) is 0 Å². The minimum atomic E-state index is -0.168. The van der Waals surface area contributed by atoms with E-state index in [1.54, 1.807) is 0 Å². The van der Waals surface area contributed by atoms with Crippen LogP contribution in [0, 0.1) is 11.7 Å². The summed E-state index contributed by atoms with van der Waals surface area (Å²) in [5.74, 6) is 0.457. The molecule has 0 bridgehead atoms. The highest BCUT2D eigenvalue weighted by atomic mass is 19.1. The van der Waals surface area contributed by atoms with E-state index in [2.05, 4.69) is 12.2 Å². The van der Waals surface area contributed by atoms with Crippen molar-refractivity contribution < 1.29 is 4.39 Å². The monoisotopic (exact) mass is 250 g/mol. The van der Waals surface area contributed by atoms with Gasteiger partial charge in [0.1, 0.15) is 5.82 Å². The molecule has 3 N–H and O–H groups in total. The van der Waals surface area contributed by atoms with Gasteiger partial charge in [-0.2, -0.15) is 0 Å². The van der Waals surface area contributed by atoms with Crippen molar-refractivity contribution in [3.63, 3.8) is 0 Å². The fraction of sp³-hybridized carbons (Fsp3) is 0.600. The lowest BCUT2D eigenvalue weighted by atomic mass is 10.0. The van der Waals surface area contributed by atoms with Crippen molar-refractivity contribution in [2.45, 2.75) is 44.7 Å². The molecule has 0 heterocycles. The number of nitrogens with one attached hydrogen (secondary N) is 1. The van der Waals surface area contributed by atoms with Gasteiger partial charge in [-0.1, -0.05) is 18.6 Å². The zero-order chi connectivity index (χ0) is 13.0. The maximum absolute atomic E-state index is 12.8. The van der Waals surface area contributed by atoms with E-state index in [9.17, 15) is 4.39 Å². The molecular formula is C15H23FN2. The first kappa shape index (κ1) is 13.5. The molecule has 18 heavy (non-hydrogen) atoms. The SMILES string of the molecule is CC(Cc1ccc(F)cc1)NC1CCCC1CN. The van der Waals surface area contributed by atoms with Crippen LogP contribution in [0.4, 0.5) is 4.39 Å². The average molecular weight is 250 g/mol. The number of hydrogen-bond acceptors (Lipinski definition) is 2. The third kappa shape index (κ3) is 3.53. The van der Waals surface area contributed by atoms with Gasteiger partial charge in [-0.3, -0.25) is 0 Å². The smallest absolute Gasteiger partial charge is 0.123 e. The van der Waals surface area contributed by atoms with Crippen molar-refractivity contribution >= 4 is 0 Å². The second-order valence-corrected chi connectivity index (χ2v) is 5.43. The molecule has 3 unspecified atom stereocenters. The van der Waals surface area contributed by atoms with Crippen LogP contribution < -0.4 is 11.1 Å². The second kappa shape index (κ2) is 6.30. The van der Waals surface area contributed by atoms with Crippen LogP contribution in [-0.2, 0) is 6.42 Å². The Kier molecular flexibility index (Phi) is 4.72. The Hall–Kier alpha value is -0.930. The largest absolute Gasteiger partial charge is 0.330 e. The summed E-state index contributed by atoms with van der Waals surface area (Å²) < 4.78 is 12.8. The highest BCUT2D eigenvalue weighted by molar-refractivity contribution is 5.17. The molecule has 0 radical (unpaired) electrons. The van der Waals surface area contributed by atoms with Crippen LogP contribution in [0.15, 0.2) is 24.3 Å². The summed E-state index contributed by atoms with van der Waals surface area (Å²) >= 11 is 0. The molecule has 0 aromatic heterocycles. The van der Waals surface area contributed by atoms with Gasteiger partial charge in [0, 0.05) is 12.1 Å². The molecule has 1 aromatic carbocycles. The number of nitrogens with two attached hydrogens (primary N) is 1. The molecule has 0 spiro atoms. The summed E-state index contributed by atoms with van der Waals surface area (Å²) in [7, 11) is 0. The van der Waals surface area contributed by atoms with E-state index in [-0.39, 0.29) is 5.82 Å². The maximum atomic E-state index is 12.8. The molecule has 0 saturated heterocycles. The first-order chi connectivity index (χ1) is 8.69. The number of benzene rings is 1. The lowest BCUT2D eigenvalue weighted by Crippen LogP contribution is -2.42. The molecule has 3 atom stereocenters. The van der Waals surface area contributed by atoms with Crippen LogP contribution in [0.1, 0.15) is 31.7 Å². The first-order valence-corrected chi connectivity index (χ1v) is 6.89. The Morgan fingerprint density at radius 2 is 2.06 bits per heavy atom. The van der Waals surface area contributed by atoms with Crippen molar-refractivity contribution in [1.29, 1.82) is 0 Å². The third-order valence-electron chi connectivity index (χ3n) is 3.92. The Morgan fingerprint density at radius 1 is 1.33 bits per heavy atom. The molecule has 1 fully saturated rings. The van der Waals surface area contributed by atoms with E-state index in [0.717, 1.165) is 13.0 Å². The number of halogens is 1. The summed E-state index contributed by atoms with van der Waals surface area (Å²) in [6.07, 6.45) is 4.70. The first-order valence-electron chi connectivity index (χ1n) is 6.89. The van der Waals surface area contributed by atoms with Crippen molar-refractivity contribution in [1.82, 2.24) is 5.32 Å². The predicted molar refractivity (Wildman–Crippen MR) is 72.9 cm³/mol. The minimum absolute atomic E-state index is 0.168. The maximum Gasteiger partial charge on any atom is 0.123 e.